The smallest absolute Gasteiger partial charge is 0.224 e. The molecule has 2 aromatic rings. The normalized spacial score (nSPS) is 10.5. The topological polar surface area (TPSA) is 103 Å². The lowest BCUT2D eigenvalue weighted by Gasteiger charge is -2.08. The Morgan fingerprint density at radius 1 is 1.29 bits per heavy atom. The number of anilines is 2. The third-order valence-corrected chi connectivity index (χ3v) is 2.26. The molecular weight excluding hydrogens is 244 g/mol. The highest BCUT2D eigenvalue weighted by Crippen LogP contribution is 2.20. The van der Waals surface area contributed by atoms with Gasteiger partial charge in [-0.05, 0) is 18.5 Å². The average Bonchev–Trinajstić information content (AvgIpc) is 2.67. The predicted octanol–water partition coefficient (Wildman–Crippen LogP) is 1.32. The zero-order valence-corrected chi connectivity index (χ0v) is 10.1. The summed E-state index contributed by atoms with van der Waals surface area (Å²) in [7, 11) is 0. The molecule has 2 aromatic heterocycles. The summed E-state index contributed by atoms with van der Waals surface area (Å²) in [5, 5.41) is 6.86. The highest BCUT2D eigenvalue weighted by atomic mass is 35.5. The molecule has 0 saturated heterocycles. The minimum Gasteiger partial charge on any atom is -0.394 e. The van der Waals surface area contributed by atoms with E-state index in [0.29, 0.717) is 35.5 Å². The number of hydrogen-bond donors (Lipinski definition) is 2. The number of nitrogens with one attached hydrogen (secondary N) is 1. The summed E-state index contributed by atoms with van der Waals surface area (Å²) in [6.07, 6.45) is 0. The molecule has 0 unspecified atom stereocenters. The Kier molecular flexibility index (Phi) is 3.10. The molecule has 0 amide bonds. The molecule has 2 rings (SSSR count). The fourth-order valence-electron chi connectivity index (χ4n) is 1.26. The molecule has 0 saturated carbocycles. The van der Waals surface area contributed by atoms with Crippen molar-refractivity contribution < 1.29 is 4.52 Å². The van der Waals surface area contributed by atoms with Crippen molar-refractivity contribution in [2.75, 3.05) is 11.1 Å². The quantitative estimate of drug-likeness (QED) is 0.796. The summed E-state index contributed by atoms with van der Waals surface area (Å²) < 4.78 is 4.84. The molecule has 17 heavy (non-hydrogen) atoms. The van der Waals surface area contributed by atoms with Gasteiger partial charge in [-0.25, -0.2) is 4.98 Å². The van der Waals surface area contributed by atoms with Gasteiger partial charge in [-0.1, -0.05) is 5.16 Å². The second-order valence-corrected chi connectivity index (χ2v) is 3.76. The van der Waals surface area contributed by atoms with E-state index in [1.165, 1.54) is 0 Å². The Hall–Kier alpha value is -1.89. The van der Waals surface area contributed by atoms with Crippen molar-refractivity contribution in [3.05, 3.63) is 22.7 Å². The van der Waals surface area contributed by atoms with Crippen molar-refractivity contribution in [2.24, 2.45) is 0 Å². The van der Waals surface area contributed by atoms with Crippen LogP contribution in [0.1, 0.15) is 17.4 Å². The lowest BCUT2D eigenvalue weighted by molar-refractivity contribution is 0.388. The van der Waals surface area contributed by atoms with Gasteiger partial charge in [-0.3, -0.25) is 0 Å². The number of halogens is 1. The molecule has 0 aromatic carbocycles. The van der Waals surface area contributed by atoms with Gasteiger partial charge in [-0.2, -0.15) is 9.97 Å². The predicted molar refractivity (Wildman–Crippen MR) is 62.6 cm³/mol. The van der Waals surface area contributed by atoms with Crippen molar-refractivity contribution in [2.45, 2.75) is 20.4 Å². The lowest BCUT2D eigenvalue weighted by Crippen LogP contribution is -2.08. The summed E-state index contributed by atoms with van der Waals surface area (Å²) in [6.45, 7) is 3.83. The van der Waals surface area contributed by atoms with Gasteiger partial charge in [0.1, 0.15) is 0 Å². The Morgan fingerprint density at radius 2 is 2.06 bits per heavy atom. The van der Waals surface area contributed by atoms with Gasteiger partial charge in [0, 0.05) is 6.92 Å². The van der Waals surface area contributed by atoms with E-state index in [2.05, 4.69) is 25.4 Å². The van der Waals surface area contributed by atoms with E-state index in [-0.39, 0.29) is 5.28 Å². The minimum absolute atomic E-state index is 0.142. The van der Waals surface area contributed by atoms with Crippen molar-refractivity contribution >= 4 is 23.1 Å². The van der Waals surface area contributed by atoms with Crippen LogP contribution in [0.3, 0.4) is 0 Å². The fourth-order valence-corrected chi connectivity index (χ4v) is 1.47. The van der Waals surface area contributed by atoms with E-state index in [9.17, 15) is 0 Å². The molecule has 3 N–H and O–H groups in total. The first-order valence-corrected chi connectivity index (χ1v) is 5.26. The first-order chi connectivity index (χ1) is 8.06. The van der Waals surface area contributed by atoms with E-state index in [0.717, 1.165) is 0 Å². The van der Waals surface area contributed by atoms with E-state index in [1.54, 1.807) is 13.8 Å². The average molecular weight is 255 g/mol. The SMILES string of the molecule is Cc1nc(CNc2nc(Cl)nc(C)c2N)no1. The van der Waals surface area contributed by atoms with Gasteiger partial charge in [-0.15, -0.1) is 0 Å². The van der Waals surface area contributed by atoms with Crippen LogP contribution in [-0.2, 0) is 6.54 Å². The standard InChI is InChI=1S/C9H11ClN6O/c1-4-7(11)8(15-9(10)13-4)12-3-6-14-5(2)17-16-6/h3,11H2,1-2H3,(H,12,13,15). The maximum Gasteiger partial charge on any atom is 0.224 e. The summed E-state index contributed by atoms with van der Waals surface area (Å²) in [5.74, 6) is 1.49. The van der Waals surface area contributed by atoms with E-state index in [4.69, 9.17) is 21.9 Å². The van der Waals surface area contributed by atoms with Crippen LogP contribution in [-0.4, -0.2) is 20.1 Å². The van der Waals surface area contributed by atoms with Crippen molar-refractivity contribution in [1.29, 1.82) is 0 Å². The maximum atomic E-state index is 5.81. The van der Waals surface area contributed by atoms with Crippen molar-refractivity contribution in [3.63, 3.8) is 0 Å². The summed E-state index contributed by atoms with van der Waals surface area (Å²) >= 11 is 5.74. The van der Waals surface area contributed by atoms with Crippen LogP contribution in [0.5, 0.6) is 0 Å². The molecule has 0 aliphatic rings. The molecule has 90 valence electrons. The van der Waals surface area contributed by atoms with Crippen molar-refractivity contribution in [3.8, 4) is 0 Å². The van der Waals surface area contributed by atoms with Crippen LogP contribution in [0.4, 0.5) is 11.5 Å². The molecule has 0 atom stereocenters. The minimum atomic E-state index is 0.142. The van der Waals surface area contributed by atoms with E-state index < -0.39 is 0 Å². The number of hydrogen-bond acceptors (Lipinski definition) is 7. The first-order valence-electron chi connectivity index (χ1n) is 4.89. The van der Waals surface area contributed by atoms with Gasteiger partial charge < -0.3 is 15.6 Å². The third-order valence-electron chi connectivity index (χ3n) is 2.09. The molecule has 0 fully saturated rings. The molecule has 0 bridgehead atoms. The van der Waals surface area contributed by atoms with Crippen LogP contribution in [0.25, 0.3) is 0 Å². The Labute approximate surface area is 102 Å². The zero-order valence-electron chi connectivity index (χ0n) is 9.36. The van der Waals surface area contributed by atoms with Crippen LogP contribution < -0.4 is 11.1 Å². The summed E-state index contributed by atoms with van der Waals surface area (Å²) in [5.41, 5.74) is 6.89. The number of nitrogens with zero attached hydrogens (tertiary/aromatic N) is 4. The Morgan fingerprint density at radius 3 is 2.71 bits per heavy atom. The molecule has 0 radical (unpaired) electrons. The van der Waals surface area contributed by atoms with Crippen LogP contribution in [0.15, 0.2) is 4.52 Å². The number of aromatic nitrogens is 4. The van der Waals surface area contributed by atoms with Crippen LogP contribution in [0, 0.1) is 13.8 Å². The lowest BCUT2D eigenvalue weighted by atomic mass is 10.3. The Balaban J connectivity index is 2.14. The molecule has 8 heteroatoms. The van der Waals surface area contributed by atoms with Crippen molar-refractivity contribution in [1.82, 2.24) is 20.1 Å². The highest BCUT2D eigenvalue weighted by Gasteiger charge is 2.09. The number of aryl methyl sites for hydroxylation is 2. The van der Waals surface area contributed by atoms with Gasteiger partial charge in [0.05, 0.1) is 17.9 Å². The first kappa shape index (κ1) is 11.6. The van der Waals surface area contributed by atoms with Crippen LogP contribution >= 0.6 is 11.6 Å². The van der Waals surface area contributed by atoms with Gasteiger partial charge in [0.25, 0.3) is 0 Å². The summed E-state index contributed by atoms with van der Waals surface area (Å²) in [4.78, 5) is 12.0. The zero-order chi connectivity index (χ0) is 12.4. The largest absolute Gasteiger partial charge is 0.394 e. The maximum absolute atomic E-state index is 5.81. The molecular formula is C9H11ClN6O. The number of nitrogen functional groups attached to an aromatic ring is 1. The van der Waals surface area contributed by atoms with Gasteiger partial charge in [0.2, 0.25) is 11.2 Å². The molecule has 0 aliphatic carbocycles. The fraction of sp³-hybridized carbons (Fsp3) is 0.333. The van der Waals surface area contributed by atoms with Gasteiger partial charge >= 0.3 is 0 Å². The highest BCUT2D eigenvalue weighted by molar-refractivity contribution is 6.28. The van der Waals surface area contributed by atoms with E-state index in [1.807, 2.05) is 0 Å². The number of rotatable bonds is 3. The van der Waals surface area contributed by atoms with Crippen LogP contribution in [0.2, 0.25) is 5.28 Å². The summed E-state index contributed by atoms with van der Waals surface area (Å²) in [6, 6.07) is 0. The molecule has 0 spiro atoms. The second kappa shape index (κ2) is 4.54. The molecule has 7 nitrogen and oxygen atoms in total. The van der Waals surface area contributed by atoms with Gasteiger partial charge in [0.15, 0.2) is 11.6 Å². The second-order valence-electron chi connectivity index (χ2n) is 3.42. The third kappa shape index (κ3) is 2.62. The monoisotopic (exact) mass is 254 g/mol. The van der Waals surface area contributed by atoms with E-state index >= 15 is 0 Å². The Bertz CT molecular complexity index is 540. The molecule has 2 heterocycles. The number of nitrogens with two attached hydrogens (primary N) is 1. The molecule has 0 aliphatic heterocycles.